The van der Waals surface area contributed by atoms with Crippen molar-refractivity contribution in [3.8, 4) is 0 Å². The number of aliphatic carboxylic acids is 1. The lowest BCUT2D eigenvalue weighted by atomic mass is 9.96. The van der Waals surface area contributed by atoms with Gasteiger partial charge in [0.15, 0.2) is 0 Å². The molecule has 106 valence electrons. The van der Waals surface area contributed by atoms with Gasteiger partial charge < -0.3 is 5.11 Å². The lowest BCUT2D eigenvalue weighted by molar-refractivity contribution is -0.138. The van der Waals surface area contributed by atoms with Crippen molar-refractivity contribution in [1.82, 2.24) is 9.97 Å². The van der Waals surface area contributed by atoms with Crippen LogP contribution in [-0.4, -0.2) is 21.0 Å². The number of carboxylic acids is 1. The molecule has 0 aliphatic rings. The lowest BCUT2D eigenvalue weighted by Crippen LogP contribution is -2.16. The number of hydrogen-bond acceptors (Lipinski definition) is 4. The second-order valence-electron chi connectivity index (χ2n) is 4.62. The van der Waals surface area contributed by atoms with Crippen molar-refractivity contribution < 1.29 is 9.90 Å². The van der Waals surface area contributed by atoms with Gasteiger partial charge in [-0.05, 0) is 35.6 Å². The molecule has 2 aromatic heterocycles. The Bertz CT molecular complexity index is 786. The summed E-state index contributed by atoms with van der Waals surface area (Å²) < 4.78 is 0.832. The van der Waals surface area contributed by atoms with E-state index in [-0.39, 0.29) is 0 Å². The summed E-state index contributed by atoms with van der Waals surface area (Å²) in [5, 5.41) is 12.1. The Balaban J connectivity index is 2.00. The highest BCUT2D eigenvalue weighted by molar-refractivity contribution is 7.17. The fraction of sp³-hybridized carbons (Fsp3) is 0.133. The van der Waals surface area contributed by atoms with E-state index >= 15 is 0 Å². The quantitative estimate of drug-likeness (QED) is 0.795. The molecule has 3 aromatic rings. The number of carbonyl (C=O) groups is 1. The van der Waals surface area contributed by atoms with Crippen LogP contribution in [0.25, 0.3) is 10.2 Å². The van der Waals surface area contributed by atoms with Gasteiger partial charge in [-0.15, -0.1) is 11.3 Å². The molecule has 3 rings (SSSR count). The number of rotatable bonds is 4. The van der Waals surface area contributed by atoms with Gasteiger partial charge in [-0.25, -0.2) is 9.97 Å². The molecule has 6 heteroatoms. The summed E-state index contributed by atoms with van der Waals surface area (Å²) in [6.07, 6.45) is 1.79. The van der Waals surface area contributed by atoms with Gasteiger partial charge in [0.25, 0.3) is 0 Å². The number of fused-ring (bicyclic) bond motifs is 1. The zero-order chi connectivity index (χ0) is 14.8. The number of hydrogen-bond donors (Lipinski definition) is 1. The van der Waals surface area contributed by atoms with Gasteiger partial charge in [-0.2, -0.15) is 0 Å². The van der Waals surface area contributed by atoms with Crippen LogP contribution >= 0.6 is 22.9 Å². The molecule has 4 nitrogen and oxygen atoms in total. The first-order valence-corrected chi connectivity index (χ1v) is 7.56. The first kappa shape index (κ1) is 14.0. The van der Waals surface area contributed by atoms with E-state index in [1.54, 1.807) is 12.1 Å². The maximum Gasteiger partial charge on any atom is 0.312 e. The van der Waals surface area contributed by atoms with Crippen LogP contribution in [-0.2, 0) is 11.2 Å². The lowest BCUT2D eigenvalue weighted by Gasteiger charge is -2.12. The molecule has 1 N–H and O–H groups in total. The zero-order valence-corrected chi connectivity index (χ0v) is 12.4. The van der Waals surface area contributed by atoms with Crippen molar-refractivity contribution in [1.29, 1.82) is 0 Å². The molecule has 0 saturated heterocycles. The Morgan fingerprint density at radius 3 is 2.71 bits per heavy atom. The smallest absolute Gasteiger partial charge is 0.312 e. The maximum absolute atomic E-state index is 11.7. The topological polar surface area (TPSA) is 63.1 Å². The summed E-state index contributed by atoms with van der Waals surface area (Å²) in [4.78, 5) is 20.0. The minimum absolute atomic E-state index is 0.372. The molecule has 0 fully saturated rings. The van der Waals surface area contributed by atoms with Gasteiger partial charge in [0.2, 0.25) is 0 Å². The Labute approximate surface area is 130 Å². The summed E-state index contributed by atoms with van der Waals surface area (Å²) in [6, 6.07) is 9.07. The standard InChI is InChI=1S/C15H11ClN2O2S/c16-10-3-1-9(2-4-10)7-11(15(19)20)13-14-12(5-6-21-14)17-8-18-13/h1-6,8,11H,7H2,(H,19,20). The summed E-state index contributed by atoms with van der Waals surface area (Å²) in [5.74, 6) is -1.59. The Morgan fingerprint density at radius 2 is 2.00 bits per heavy atom. The monoisotopic (exact) mass is 318 g/mol. The molecule has 0 radical (unpaired) electrons. The second-order valence-corrected chi connectivity index (χ2v) is 5.97. The molecule has 0 amide bonds. The molecule has 1 atom stereocenters. The predicted octanol–water partition coefficient (Wildman–Crippen LogP) is 3.76. The third-order valence-corrected chi connectivity index (χ3v) is 4.43. The molecular formula is C15H11ClN2O2S. The second kappa shape index (κ2) is 5.79. The van der Waals surface area contributed by atoms with Crippen LogP contribution in [0.15, 0.2) is 42.0 Å². The van der Waals surface area contributed by atoms with Crippen LogP contribution in [0, 0.1) is 0 Å². The van der Waals surface area contributed by atoms with E-state index in [1.807, 2.05) is 23.6 Å². The Hall–Kier alpha value is -1.98. The highest BCUT2D eigenvalue weighted by Crippen LogP contribution is 2.29. The molecule has 0 aliphatic carbocycles. The van der Waals surface area contributed by atoms with E-state index < -0.39 is 11.9 Å². The van der Waals surface area contributed by atoms with E-state index in [2.05, 4.69) is 9.97 Å². The van der Waals surface area contributed by atoms with Crippen LogP contribution in [0.4, 0.5) is 0 Å². The minimum Gasteiger partial charge on any atom is -0.481 e. The Morgan fingerprint density at radius 1 is 1.24 bits per heavy atom. The maximum atomic E-state index is 11.7. The van der Waals surface area contributed by atoms with Gasteiger partial charge in [0, 0.05) is 5.02 Å². The normalized spacial score (nSPS) is 12.4. The zero-order valence-electron chi connectivity index (χ0n) is 10.9. The summed E-state index contributed by atoms with van der Waals surface area (Å²) >= 11 is 7.32. The predicted molar refractivity (Wildman–Crippen MR) is 82.9 cm³/mol. The van der Waals surface area contributed by atoms with Crippen molar-refractivity contribution >= 4 is 39.1 Å². The average Bonchev–Trinajstić information content (AvgIpc) is 2.95. The van der Waals surface area contributed by atoms with E-state index in [0.29, 0.717) is 17.1 Å². The highest BCUT2D eigenvalue weighted by atomic mass is 35.5. The largest absolute Gasteiger partial charge is 0.481 e. The summed E-state index contributed by atoms with van der Waals surface area (Å²) in [5.41, 5.74) is 2.26. The number of benzene rings is 1. The van der Waals surface area contributed by atoms with Crippen molar-refractivity contribution in [2.75, 3.05) is 0 Å². The van der Waals surface area contributed by atoms with Gasteiger partial charge in [-0.1, -0.05) is 23.7 Å². The van der Waals surface area contributed by atoms with Crippen LogP contribution in [0.1, 0.15) is 17.2 Å². The first-order chi connectivity index (χ1) is 10.1. The SMILES string of the molecule is O=C(O)C(Cc1ccc(Cl)cc1)c1ncnc2ccsc12. The molecule has 1 unspecified atom stereocenters. The molecule has 0 saturated carbocycles. The van der Waals surface area contributed by atoms with E-state index in [1.165, 1.54) is 17.7 Å². The molecule has 0 bridgehead atoms. The van der Waals surface area contributed by atoms with Gasteiger partial charge in [0.05, 0.1) is 15.9 Å². The third-order valence-electron chi connectivity index (χ3n) is 3.25. The van der Waals surface area contributed by atoms with Crippen molar-refractivity contribution in [2.24, 2.45) is 0 Å². The highest BCUT2D eigenvalue weighted by Gasteiger charge is 2.24. The fourth-order valence-corrected chi connectivity index (χ4v) is 3.23. The summed E-state index contributed by atoms with van der Waals surface area (Å²) in [6.45, 7) is 0. The van der Waals surface area contributed by atoms with Gasteiger partial charge >= 0.3 is 5.97 Å². The Kier molecular flexibility index (Phi) is 3.86. The van der Waals surface area contributed by atoms with E-state index in [0.717, 1.165) is 15.8 Å². The fourth-order valence-electron chi connectivity index (χ4n) is 2.21. The number of nitrogens with zero attached hydrogens (tertiary/aromatic N) is 2. The van der Waals surface area contributed by atoms with Crippen LogP contribution in [0.3, 0.4) is 0 Å². The van der Waals surface area contributed by atoms with E-state index in [9.17, 15) is 9.90 Å². The van der Waals surface area contributed by atoms with Crippen molar-refractivity contribution in [3.05, 3.63) is 58.3 Å². The number of carboxylic acid groups (broad SMARTS) is 1. The molecule has 0 spiro atoms. The van der Waals surface area contributed by atoms with Crippen LogP contribution < -0.4 is 0 Å². The summed E-state index contributed by atoms with van der Waals surface area (Å²) in [7, 11) is 0. The molecule has 2 heterocycles. The molecular weight excluding hydrogens is 308 g/mol. The molecule has 1 aromatic carbocycles. The van der Waals surface area contributed by atoms with Gasteiger partial charge in [-0.3, -0.25) is 4.79 Å². The van der Waals surface area contributed by atoms with Crippen molar-refractivity contribution in [2.45, 2.75) is 12.3 Å². The molecule has 21 heavy (non-hydrogen) atoms. The number of thiophene rings is 1. The van der Waals surface area contributed by atoms with E-state index in [4.69, 9.17) is 11.6 Å². The molecule has 0 aliphatic heterocycles. The number of halogens is 1. The minimum atomic E-state index is -0.890. The van der Waals surface area contributed by atoms with Gasteiger partial charge in [0.1, 0.15) is 12.2 Å². The van der Waals surface area contributed by atoms with Crippen LogP contribution in [0.5, 0.6) is 0 Å². The van der Waals surface area contributed by atoms with Crippen molar-refractivity contribution in [3.63, 3.8) is 0 Å². The average molecular weight is 319 g/mol. The number of aromatic nitrogens is 2. The van der Waals surface area contributed by atoms with Crippen LogP contribution in [0.2, 0.25) is 5.02 Å². The third kappa shape index (κ3) is 2.89. The first-order valence-electron chi connectivity index (χ1n) is 6.30.